The first-order valence-corrected chi connectivity index (χ1v) is 3.91. The highest BCUT2D eigenvalue weighted by molar-refractivity contribution is 4.79. The van der Waals surface area contributed by atoms with Crippen LogP contribution in [0.3, 0.4) is 0 Å². The van der Waals surface area contributed by atoms with Gasteiger partial charge >= 0.3 is 0 Å². The molecule has 0 radical (unpaired) electrons. The zero-order valence-corrected chi connectivity index (χ0v) is 7.65. The Kier molecular flexibility index (Phi) is 3.91. The van der Waals surface area contributed by atoms with Crippen LogP contribution in [0, 0.1) is 0 Å². The summed E-state index contributed by atoms with van der Waals surface area (Å²) in [5.41, 5.74) is 5.98. The maximum absolute atomic E-state index is 5.99. The van der Waals surface area contributed by atoms with E-state index < -0.39 is 0 Å². The summed E-state index contributed by atoms with van der Waals surface area (Å²) in [6.07, 6.45) is 2.27. The van der Waals surface area contributed by atoms with Gasteiger partial charge in [-0.3, -0.25) is 0 Å². The highest BCUT2D eigenvalue weighted by atomic mass is 15.1. The molecule has 0 aromatic carbocycles. The Morgan fingerprint density at radius 2 is 1.90 bits per heavy atom. The topological polar surface area (TPSA) is 29.3 Å². The van der Waals surface area contributed by atoms with E-state index in [1.54, 1.807) is 0 Å². The van der Waals surface area contributed by atoms with Gasteiger partial charge in [-0.25, -0.2) is 0 Å². The van der Waals surface area contributed by atoms with Gasteiger partial charge in [0.2, 0.25) is 0 Å². The Morgan fingerprint density at radius 3 is 2.20 bits per heavy atom. The van der Waals surface area contributed by atoms with Gasteiger partial charge in [0, 0.05) is 12.1 Å². The minimum atomic E-state index is -0.00174. The number of hydrogen-bond acceptors (Lipinski definition) is 2. The summed E-state index contributed by atoms with van der Waals surface area (Å²) >= 11 is 0. The van der Waals surface area contributed by atoms with Crippen molar-refractivity contribution in [3.8, 4) is 0 Å². The number of nitrogens with zero attached hydrogens (tertiary/aromatic N) is 1. The lowest BCUT2D eigenvalue weighted by atomic mass is 9.97. The molecule has 0 rings (SSSR count). The number of likely N-dealkylation sites (N-methyl/N-ethyl adjacent to an activating group) is 1. The molecule has 0 spiro atoms. The first kappa shape index (κ1) is 9.92. The van der Waals surface area contributed by atoms with Crippen molar-refractivity contribution in [1.29, 1.82) is 0 Å². The van der Waals surface area contributed by atoms with E-state index in [0.717, 1.165) is 13.0 Å². The Balaban J connectivity index is 3.63. The van der Waals surface area contributed by atoms with Crippen molar-refractivity contribution < 1.29 is 0 Å². The fraction of sp³-hybridized carbons (Fsp3) is 1.00. The highest BCUT2D eigenvalue weighted by Crippen LogP contribution is 2.08. The molecule has 1 atom stereocenters. The predicted octanol–water partition coefficient (Wildman–Crippen LogP) is 1.07. The third-order valence-electron chi connectivity index (χ3n) is 1.50. The lowest BCUT2D eigenvalue weighted by Crippen LogP contribution is -2.45. The van der Waals surface area contributed by atoms with Gasteiger partial charge in [-0.05, 0) is 27.4 Å². The molecule has 0 aromatic rings. The minimum Gasteiger partial charge on any atom is -0.324 e. The van der Waals surface area contributed by atoms with Gasteiger partial charge in [0.05, 0.1) is 0 Å². The van der Waals surface area contributed by atoms with E-state index in [-0.39, 0.29) is 5.54 Å². The molecule has 62 valence electrons. The van der Waals surface area contributed by atoms with Gasteiger partial charge in [0.1, 0.15) is 0 Å². The number of hydrogen-bond donors (Lipinski definition) is 1. The van der Waals surface area contributed by atoms with E-state index in [2.05, 4.69) is 32.8 Å². The molecule has 0 saturated heterocycles. The fourth-order valence-corrected chi connectivity index (χ4v) is 1.37. The summed E-state index contributed by atoms with van der Waals surface area (Å²) in [7, 11) is 4.11. The third kappa shape index (κ3) is 4.77. The second-order valence-electron chi connectivity index (χ2n) is 3.64. The standard InChI is InChI=1S/C8H20N2/c1-5-6-8(2,9)7-10(3)4/h5-7,9H2,1-4H3. The van der Waals surface area contributed by atoms with Crippen LogP contribution in [0.4, 0.5) is 0 Å². The van der Waals surface area contributed by atoms with Crippen LogP contribution >= 0.6 is 0 Å². The molecule has 0 saturated carbocycles. The van der Waals surface area contributed by atoms with Crippen LogP contribution in [0.1, 0.15) is 26.7 Å². The Morgan fingerprint density at radius 1 is 1.40 bits per heavy atom. The zero-order valence-electron chi connectivity index (χ0n) is 7.65. The summed E-state index contributed by atoms with van der Waals surface area (Å²) in [5.74, 6) is 0. The van der Waals surface area contributed by atoms with E-state index in [1.165, 1.54) is 6.42 Å². The number of rotatable bonds is 4. The molecule has 0 aliphatic carbocycles. The molecular formula is C8H20N2. The molecule has 0 amide bonds. The quantitative estimate of drug-likeness (QED) is 0.639. The molecule has 0 bridgehead atoms. The SMILES string of the molecule is CCCC(C)(N)CN(C)C. The van der Waals surface area contributed by atoms with Gasteiger partial charge in [0.25, 0.3) is 0 Å². The normalized spacial score (nSPS) is 17.4. The molecule has 2 N–H and O–H groups in total. The Bertz CT molecular complexity index is 87.3. The monoisotopic (exact) mass is 144 g/mol. The summed E-state index contributed by atoms with van der Waals surface area (Å²) in [6, 6.07) is 0. The summed E-state index contributed by atoms with van der Waals surface area (Å²) in [4.78, 5) is 2.13. The molecule has 2 heteroatoms. The summed E-state index contributed by atoms with van der Waals surface area (Å²) < 4.78 is 0. The van der Waals surface area contributed by atoms with Crippen LogP contribution in [-0.2, 0) is 0 Å². The molecule has 1 unspecified atom stereocenters. The maximum Gasteiger partial charge on any atom is 0.0254 e. The van der Waals surface area contributed by atoms with Crippen molar-refractivity contribution >= 4 is 0 Å². The van der Waals surface area contributed by atoms with Crippen LogP contribution in [0.5, 0.6) is 0 Å². The fourth-order valence-electron chi connectivity index (χ4n) is 1.37. The maximum atomic E-state index is 5.99. The first-order chi connectivity index (χ1) is 4.48. The Hall–Kier alpha value is -0.0800. The van der Waals surface area contributed by atoms with E-state index in [9.17, 15) is 0 Å². The van der Waals surface area contributed by atoms with Crippen LogP contribution < -0.4 is 5.73 Å². The molecular weight excluding hydrogens is 124 g/mol. The van der Waals surface area contributed by atoms with Gasteiger partial charge in [-0.2, -0.15) is 0 Å². The number of nitrogens with two attached hydrogens (primary N) is 1. The van der Waals surface area contributed by atoms with Gasteiger partial charge in [-0.1, -0.05) is 13.3 Å². The summed E-state index contributed by atoms with van der Waals surface area (Å²) in [5, 5.41) is 0. The molecule has 0 heterocycles. The van der Waals surface area contributed by atoms with Crippen molar-refractivity contribution in [3.63, 3.8) is 0 Å². The lowest BCUT2D eigenvalue weighted by molar-refractivity contribution is 0.285. The van der Waals surface area contributed by atoms with Crippen molar-refractivity contribution in [3.05, 3.63) is 0 Å². The van der Waals surface area contributed by atoms with Gasteiger partial charge in [-0.15, -0.1) is 0 Å². The van der Waals surface area contributed by atoms with E-state index >= 15 is 0 Å². The molecule has 0 aliphatic heterocycles. The molecule has 2 nitrogen and oxygen atoms in total. The Labute approximate surface area is 64.4 Å². The van der Waals surface area contributed by atoms with Crippen LogP contribution in [0.25, 0.3) is 0 Å². The average molecular weight is 144 g/mol. The predicted molar refractivity (Wildman–Crippen MR) is 46.1 cm³/mol. The smallest absolute Gasteiger partial charge is 0.0254 e. The molecule has 0 aromatic heterocycles. The zero-order chi connectivity index (χ0) is 8.20. The van der Waals surface area contributed by atoms with Gasteiger partial charge < -0.3 is 10.6 Å². The van der Waals surface area contributed by atoms with Crippen molar-refractivity contribution in [2.75, 3.05) is 20.6 Å². The first-order valence-electron chi connectivity index (χ1n) is 3.91. The highest BCUT2D eigenvalue weighted by Gasteiger charge is 2.17. The second-order valence-corrected chi connectivity index (χ2v) is 3.64. The van der Waals surface area contributed by atoms with Crippen LogP contribution in [0.15, 0.2) is 0 Å². The summed E-state index contributed by atoms with van der Waals surface area (Å²) in [6.45, 7) is 5.25. The van der Waals surface area contributed by atoms with Crippen molar-refractivity contribution in [1.82, 2.24) is 4.90 Å². The van der Waals surface area contributed by atoms with Crippen molar-refractivity contribution in [2.45, 2.75) is 32.2 Å². The molecule has 10 heavy (non-hydrogen) atoms. The molecule has 0 aliphatic rings. The van der Waals surface area contributed by atoms with E-state index in [1.807, 2.05) is 0 Å². The minimum absolute atomic E-state index is 0.00174. The lowest BCUT2D eigenvalue weighted by Gasteiger charge is -2.27. The van der Waals surface area contributed by atoms with E-state index in [0.29, 0.717) is 0 Å². The van der Waals surface area contributed by atoms with Crippen LogP contribution in [0.2, 0.25) is 0 Å². The molecule has 0 fully saturated rings. The third-order valence-corrected chi connectivity index (χ3v) is 1.50. The average Bonchev–Trinajstić information content (AvgIpc) is 1.59. The van der Waals surface area contributed by atoms with Crippen molar-refractivity contribution in [2.24, 2.45) is 5.73 Å². The van der Waals surface area contributed by atoms with Gasteiger partial charge in [0.15, 0.2) is 0 Å². The van der Waals surface area contributed by atoms with E-state index in [4.69, 9.17) is 5.73 Å². The largest absolute Gasteiger partial charge is 0.324 e. The van der Waals surface area contributed by atoms with Crippen LogP contribution in [-0.4, -0.2) is 31.1 Å². The second kappa shape index (κ2) is 3.94.